The van der Waals surface area contributed by atoms with E-state index >= 15 is 0 Å². The van der Waals surface area contributed by atoms with E-state index in [-0.39, 0.29) is 0 Å². The summed E-state index contributed by atoms with van der Waals surface area (Å²) in [6, 6.07) is 4.24. The second-order valence-electron chi connectivity index (χ2n) is 6.75. The molecule has 4 rings (SSSR count). The van der Waals surface area contributed by atoms with Crippen LogP contribution in [0.3, 0.4) is 0 Å². The molecule has 3 aromatic rings. The first-order chi connectivity index (χ1) is 13.0. The molecule has 0 unspecified atom stereocenters. The molecular weight excluding hydrogens is 364 g/mol. The van der Waals surface area contributed by atoms with Crippen molar-refractivity contribution in [1.82, 2.24) is 15.0 Å². The van der Waals surface area contributed by atoms with Gasteiger partial charge in [0.05, 0.1) is 31.0 Å². The Morgan fingerprint density at radius 3 is 2.48 bits per heavy atom. The van der Waals surface area contributed by atoms with E-state index in [1.165, 1.54) is 0 Å². The van der Waals surface area contributed by atoms with Crippen LogP contribution >= 0.6 is 11.6 Å². The number of ether oxygens (including phenoxy) is 2. The van der Waals surface area contributed by atoms with E-state index in [0.29, 0.717) is 34.0 Å². The number of methoxy groups -OCH3 is 2. The number of pyridine rings is 1. The largest absolute Gasteiger partial charge is 0.496 e. The third kappa shape index (κ3) is 3.25. The van der Waals surface area contributed by atoms with E-state index in [9.17, 15) is 0 Å². The molecule has 1 aliphatic rings. The summed E-state index contributed by atoms with van der Waals surface area (Å²) in [5, 5.41) is 4.93. The number of aromatic nitrogens is 3. The van der Waals surface area contributed by atoms with E-state index in [4.69, 9.17) is 31.0 Å². The molecular formula is C20H21ClN4O2. The highest BCUT2D eigenvalue weighted by Gasteiger charge is 2.25. The van der Waals surface area contributed by atoms with Crippen molar-refractivity contribution in [1.29, 1.82) is 0 Å². The molecule has 0 amide bonds. The van der Waals surface area contributed by atoms with Crippen LogP contribution in [-0.2, 0) is 0 Å². The van der Waals surface area contributed by atoms with Gasteiger partial charge in [-0.1, -0.05) is 11.6 Å². The van der Waals surface area contributed by atoms with Gasteiger partial charge in [-0.3, -0.25) is 4.98 Å². The number of benzene rings is 1. The molecule has 2 aromatic heterocycles. The number of aryl methyl sites for hydroxylation is 1. The zero-order valence-electron chi connectivity index (χ0n) is 15.8. The molecule has 1 aliphatic carbocycles. The van der Waals surface area contributed by atoms with Crippen LogP contribution in [0.1, 0.15) is 24.1 Å². The normalized spacial score (nSPS) is 13.7. The van der Waals surface area contributed by atoms with Crippen LogP contribution in [-0.4, -0.2) is 35.2 Å². The van der Waals surface area contributed by atoms with Crippen molar-refractivity contribution >= 4 is 28.3 Å². The maximum Gasteiger partial charge on any atom is 0.164 e. The molecule has 1 N–H and O–H groups in total. The molecule has 7 heteroatoms. The lowest BCUT2D eigenvalue weighted by molar-refractivity contribution is 0.393. The molecule has 1 saturated carbocycles. The monoisotopic (exact) mass is 384 g/mol. The Hall–Kier alpha value is -2.60. The SMILES string of the molecule is COc1cc(OC)c(Cl)c(-c2nc(NC3CC3)c3cc(C)ncc3n2)c1C. The predicted molar refractivity (Wildman–Crippen MR) is 107 cm³/mol. The lowest BCUT2D eigenvalue weighted by Gasteiger charge is -2.16. The molecule has 0 bridgehead atoms. The third-order valence-electron chi connectivity index (χ3n) is 4.74. The number of hydrogen-bond acceptors (Lipinski definition) is 6. The van der Waals surface area contributed by atoms with Crippen molar-refractivity contribution < 1.29 is 9.47 Å². The van der Waals surface area contributed by atoms with Gasteiger partial charge in [0.15, 0.2) is 5.82 Å². The number of fused-ring (bicyclic) bond motifs is 1. The standard InChI is InChI=1S/C20H21ClN4O2/c1-10-7-13-14(9-22-10)24-20(25-19(13)23-12-5-6-12)17-11(2)15(26-3)8-16(27-4)18(17)21/h7-9,12H,5-6H2,1-4H3,(H,23,24,25). The van der Waals surface area contributed by atoms with Crippen LogP contribution in [0.25, 0.3) is 22.3 Å². The molecule has 140 valence electrons. The number of rotatable bonds is 5. The molecule has 0 aliphatic heterocycles. The van der Waals surface area contributed by atoms with Crippen molar-refractivity contribution in [3.8, 4) is 22.9 Å². The maximum absolute atomic E-state index is 6.63. The van der Waals surface area contributed by atoms with Gasteiger partial charge in [-0.05, 0) is 32.8 Å². The zero-order valence-corrected chi connectivity index (χ0v) is 16.5. The third-order valence-corrected chi connectivity index (χ3v) is 5.12. The fourth-order valence-electron chi connectivity index (χ4n) is 3.11. The average Bonchev–Trinajstić information content (AvgIpc) is 3.47. The van der Waals surface area contributed by atoms with Gasteiger partial charge in [-0.15, -0.1) is 0 Å². The first-order valence-electron chi connectivity index (χ1n) is 8.84. The van der Waals surface area contributed by atoms with Crippen LogP contribution in [0.5, 0.6) is 11.5 Å². The van der Waals surface area contributed by atoms with E-state index < -0.39 is 0 Å². The Bertz CT molecular complexity index is 1010. The van der Waals surface area contributed by atoms with Gasteiger partial charge in [0.25, 0.3) is 0 Å². The summed E-state index contributed by atoms with van der Waals surface area (Å²) < 4.78 is 10.9. The molecule has 0 saturated heterocycles. The summed E-state index contributed by atoms with van der Waals surface area (Å²) in [4.78, 5) is 13.9. The Labute approximate surface area is 162 Å². The molecule has 1 aromatic carbocycles. The second-order valence-corrected chi connectivity index (χ2v) is 7.13. The van der Waals surface area contributed by atoms with Crippen LogP contribution in [0.15, 0.2) is 18.3 Å². The minimum Gasteiger partial charge on any atom is -0.496 e. The van der Waals surface area contributed by atoms with Crippen molar-refractivity contribution in [2.24, 2.45) is 0 Å². The van der Waals surface area contributed by atoms with E-state index in [1.54, 1.807) is 26.5 Å². The first kappa shape index (κ1) is 17.8. The maximum atomic E-state index is 6.63. The Balaban J connectivity index is 1.98. The fraction of sp³-hybridized carbons (Fsp3) is 0.350. The number of nitrogens with one attached hydrogen (secondary N) is 1. The molecule has 1 fully saturated rings. The minimum atomic E-state index is 0.459. The summed E-state index contributed by atoms with van der Waals surface area (Å²) in [7, 11) is 3.20. The molecule has 2 heterocycles. The van der Waals surface area contributed by atoms with Crippen molar-refractivity contribution in [3.05, 3.63) is 34.6 Å². The number of halogens is 1. The van der Waals surface area contributed by atoms with E-state index in [0.717, 1.165) is 40.8 Å². The van der Waals surface area contributed by atoms with Gasteiger partial charge in [-0.2, -0.15) is 0 Å². The zero-order chi connectivity index (χ0) is 19.1. The summed E-state index contributed by atoms with van der Waals surface area (Å²) >= 11 is 6.63. The van der Waals surface area contributed by atoms with Crippen LogP contribution < -0.4 is 14.8 Å². The predicted octanol–water partition coefficient (Wildman–Crippen LogP) is 4.55. The van der Waals surface area contributed by atoms with Crippen LogP contribution in [0.4, 0.5) is 5.82 Å². The van der Waals surface area contributed by atoms with Crippen LogP contribution in [0, 0.1) is 13.8 Å². The Morgan fingerprint density at radius 1 is 1.07 bits per heavy atom. The molecule has 0 radical (unpaired) electrons. The van der Waals surface area contributed by atoms with Gasteiger partial charge in [0, 0.05) is 34.3 Å². The quantitative estimate of drug-likeness (QED) is 0.695. The lowest BCUT2D eigenvalue weighted by atomic mass is 10.1. The summed E-state index contributed by atoms with van der Waals surface area (Å²) in [5.74, 6) is 2.53. The highest BCUT2D eigenvalue weighted by molar-refractivity contribution is 6.35. The van der Waals surface area contributed by atoms with Gasteiger partial charge in [-0.25, -0.2) is 9.97 Å². The number of hydrogen-bond donors (Lipinski definition) is 1. The Morgan fingerprint density at radius 2 is 1.81 bits per heavy atom. The van der Waals surface area contributed by atoms with Crippen molar-refractivity contribution in [2.75, 3.05) is 19.5 Å². The Kier molecular flexibility index (Phi) is 4.52. The molecule has 0 atom stereocenters. The minimum absolute atomic E-state index is 0.459. The summed E-state index contributed by atoms with van der Waals surface area (Å²) in [6.45, 7) is 3.90. The highest BCUT2D eigenvalue weighted by Crippen LogP contribution is 2.42. The van der Waals surface area contributed by atoms with Crippen molar-refractivity contribution in [2.45, 2.75) is 32.7 Å². The van der Waals surface area contributed by atoms with Gasteiger partial charge in [0.1, 0.15) is 17.3 Å². The topological polar surface area (TPSA) is 69.2 Å². The number of nitrogens with zero attached hydrogens (tertiary/aromatic N) is 3. The smallest absolute Gasteiger partial charge is 0.164 e. The van der Waals surface area contributed by atoms with Crippen LogP contribution in [0.2, 0.25) is 5.02 Å². The second kappa shape index (κ2) is 6.85. The number of anilines is 1. The van der Waals surface area contributed by atoms with E-state index in [1.807, 2.05) is 19.9 Å². The van der Waals surface area contributed by atoms with Gasteiger partial charge >= 0.3 is 0 Å². The van der Waals surface area contributed by atoms with Gasteiger partial charge in [0.2, 0.25) is 0 Å². The summed E-state index contributed by atoms with van der Waals surface area (Å²) in [5.41, 5.74) is 3.26. The lowest BCUT2D eigenvalue weighted by Crippen LogP contribution is -2.07. The van der Waals surface area contributed by atoms with Crippen molar-refractivity contribution in [3.63, 3.8) is 0 Å². The summed E-state index contributed by atoms with van der Waals surface area (Å²) in [6.07, 6.45) is 4.07. The highest BCUT2D eigenvalue weighted by atomic mass is 35.5. The molecule has 0 spiro atoms. The van der Waals surface area contributed by atoms with Gasteiger partial charge < -0.3 is 14.8 Å². The fourth-order valence-corrected chi connectivity index (χ4v) is 3.47. The molecule has 27 heavy (non-hydrogen) atoms. The first-order valence-corrected chi connectivity index (χ1v) is 9.22. The van der Waals surface area contributed by atoms with E-state index in [2.05, 4.69) is 10.3 Å². The average molecular weight is 385 g/mol. The molecule has 6 nitrogen and oxygen atoms in total.